The van der Waals surface area contributed by atoms with Gasteiger partial charge in [-0.2, -0.15) is 61.5 Å². The quantitative estimate of drug-likeness (QED) is 0.292. The normalized spacial score (nSPS) is 18.3. The minimum Gasteiger partial charge on any atom is -0.462 e. The predicted octanol–water partition coefficient (Wildman–Crippen LogP) is 4.62. The fourth-order valence-electron chi connectivity index (χ4n) is 1.86. The highest BCUT2D eigenvalue weighted by atomic mass is 28.3. The Balaban J connectivity index is 6.84. The van der Waals surface area contributed by atoms with Crippen LogP contribution < -0.4 is 0 Å². The van der Waals surface area contributed by atoms with Crippen LogP contribution in [-0.2, 0) is 4.12 Å². The van der Waals surface area contributed by atoms with Crippen LogP contribution in [0.25, 0.3) is 0 Å². The van der Waals surface area contributed by atoms with E-state index in [1.54, 1.807) is 0 Å². The molecule has 20 heteroatoms. The van der Waals surface area contributed by atoms with Crippen molar-refractivity contribution in [3.8, 4) is 0 Å². The molecule has 0 radical (unpaired) electrons. The van der Waals surface area contributed by atoms with Gasteiger partial charge in [0.2, 0.25) is 9.04 Å². The smallest absolute Gasteiger partial charge is 0.385 e. The standard InChI is InChI=1S/C11H11F17OSi2/c1-3(12)4(13,14)5(15,16)6(17,18)7(19,20)8(21,22)9(23,24)10(25,26)11(27,28)31(2)29-30/h3,31H,1-2,30H3. The Morgan fingerprint density at radius 2 is 0.839 bits per heavy atom. The molecule has 31 heavy (non-hydrogen) atoms. The zero-order chi connectivity index (χ0) is 25.9. The molecule has 2 atom stereocenters. The van der Waals surface area contributed by atoms with Gasteiger partial charge in [-0.25, -0.2) is 13.2 Å². The third-order valence-corrected chi connectivity index (χ3v) is 8.38. The van der Waals surface area contributed by atoms with Crippen LogP contribution in [0, 0.1) is 0 Å². The summed E-state index contributed by atoms with van der Waals surface area (Å²) in [5, 5.41) is 0. The maximum absolute atomic E-state index is 13.5. The largest absolute Gasteiger partial charge is 0.462 e. The molecule has 0 aliphatic heterocycles. The predicted molar refractivity (Wildman–Crippen MR) is 74.2 cm³/mol. The van der Waals surface area contributed by atoms with Crippen molar-refractivity contribution in [1.82, 2.24) is 0 Å². The highest BCUT2D eigenvalue weighted by Gasteiger charge is 2.95. The molecule has 0 bridgehead atoms. The van der Waals surface area contributed by atoms with Crippen LogP contribution in [0.4, 0.5) is 74.6 Å². The lowest BCUT2D eigenvalue weighted by atomic mass is 9.88. The molecule has 0 spiro atoms. The third kappa shape index (κ3) is 3.72. The summed E-state index contributed by atoms with van der Waals surface area (Å²) in [6.45, 7) is -0.636. The molecule has 0 N–H and O–H groups in total. The van der Waals surface area contributed by atoms with Crippen LogP contribution in [0.2, 0.25) is 6.55 Å². The van der Waals surface area contributed by atoms with E-state index in [2.05, 4.69) is 4.12 Å². The second-order valence-electron chi connectivity index (χ2n) is 6.19. The van der Waals surface area contributed by atoms with Crippen LogP contribution in [0.3, 0.4) is 0 Å². The van der Waals surface area contributed by atoms with Crippen molar-refractivity contribution < 1.29 is 78.8 Å². The molecule has 188 valence electrons. The minimum absolute atomic E-state index is 0.000773. The minimum atomic E-state index is -8.53. The van der Waals surface area contributed by atoms with E-state index in [-0.39, 0.29) is 6.55 Å². The molecule has 0 saturated carbocycles. The van der Waals surface area contributed by atoms with Gasteiger partial charge in [0.1, 0.15) is 10.5 Å². The summed E-state index contributed by atoms with van der Waals surface area (Å²) < 4.78 is 230. The van der Waals surface area contributed by atoms with Crippen molar-refractivity contribution >= 4 is 19.5 Å². The van der Waals surface area contributed by atoms with Gasteiger partial charge >= 0.3 is 47.0 Å². The monoisotopic (exact) mass is 538 g/mol. The van der Waals surface area contributed by atoms with Crippen LogP contribution in [0.1, 0.15) is 6.92 Å². The summed E-state index contributed by atoms with van der Waals surface area (Å²) in [5.74, 6) is -56.0. The molecule has 0 amide bonds. The maximum Gasteiger partial charge on any atom is 0.385 e. The first-order valence-electron chi connectivity index (χ1n) is 7.37. The summed E-state index contributed by atoms with van der Waals surface area (Å²) in [5.41, 5.74) is -6.34. The molecule has 0 rings (SSSR count). The van der Waals surface area contributed by atoms with Gasteiger partial charge in [-0.05, 0) is 13.5 Å². The van der Waals surface area contributed by atoms with E-state index in [9.17, 15) is 74.6 Å². The van der Waals surface area contributed by atoms with Gasteiger partial charge < -0.3 is 4.12 Å². The molecule has 0 aromatic rings. The van der Waals surface area contributed by atoms with Gasteiger partial charge in [0.25, 0.3) is 0 Å². The molecule has 0 aromatic carbocycles. The number of hydrogen-bond donors (Lipinski definition) is 0. The van der Waals surface area contributed by atoms with Crippen LogP contribution in [-0.4, -0.2) is 72.7 Å². The van der Waals surface area contributed by atoms with E-state index in [1.807, 2.05) is 0 Å². The van der Waals surface area contributed by atoms with Crippen molar-refractivity contribution in [3.05, 3.63) is 0 Å². The van der Waals surface area contributed by atoms with Crippen molar-refractivity contribution in [1.29, 1.82) is 0 Å². The van der Waals surface area contributed by atoms with Crippen molar-refractivity contribution in [2.24, 2.45) is 0 Å². The van der Waals surface area contributed by atoms with E-state index in [0.717, 1.165) is 0 Å². The molecule has 0 aromatic heterocycles. The zero-order valence-electron chi connectivity index (χ0n) is 15.0. The van der Waals surface area contributed by atoms with Crippen LogP contribution in [0.15, 0.2) is 0 Å². The third-order valence-electron chi connectivity index (χ3n) is 4.17. The molecule has 0 aliphatic rings. The van der Waals surface area contributed by atoms with E-state index in [4.69, 9.17) is 0 Å². The molecule has 0 aliphatic carbocycles. The van der Waals surface area contributed by atoms with Gasteiger partial charge in [-0.1, -0.05) is 0 Å². The Bertz CT molecular complexity index is 646. The maximum atomic E-state index is 13.5. The van der Waals surface area contributed by atoms with Gasteiger partial charge in [-0.3, -0.25) is 0 Å². The number of alkyl halides is 17. The Labute approximate surface area is 166 Å². The number of halogens is 17. The average Bonchev–Trinajstić information content (AvgIpc) is 2.59. The summed E-state index contributed by atoms with van der Waals surface area (Å²) in [7, 11) is -5.83. The fourth-order valence-corrected chi connectivity index (χ4v) is 3.74. The van der Waals surface area contributed by atoms with Gasteiger partial charge in [0.15, 0.2) is 6.17 Å². The first-order valence-corrected chi connectivity index (χ1v) is 10.4. The van der Waals surface area contributed by atoms with Crippen molar-refractivity contribution in [2.45, 2.75) is 66.6 Å². The Morgan fingerprint density at radius 3 is 1.10 bits per heavy atom. The van der Waals surface area contributed by atoms with Crippen LogP contribution >= 0.6 is 0 Å². The molecule has 2 unspecified atom stereocenters. The number of hydrogen-bond acceptors (Lipinski definition) is 1. The number of rotatable bonds is 10. The first-order chi connectivity index (χ1) is 13.2. The molecule has 0 fully saturated rings. The highest BCUT2D eigenvalue weighted by Crippen LogP contribution is 2.64. The van der Waals surface area contributed by atoms with Gasteiger partial charge in [-0.15, -0.1) is 0 Å². The molecular formula is C11H11F17OSi2. The van der Waals surface area contributed by atoms with E-state index in [1.165, 1.54) is 0 Å². The first kappa shape index (κ1) is 30.2. The van der Waals surface area contributed by atoms with Crippen molar-refractivity contribution in [2.75, 3.05) is 0 Å². The lowest BCUT2D eigenvalue weighted by Gasteiger charge is -2.44. The highest BCUT2D eigenvalue weighted by molar-refractivity contribution is 6.57. The SMILES string of the molecule is CC(F)C(F)(F)C(F)(F)C(F)(F)C(F)(F)C(F)(F)C(F)(F)C(F)(F)C(F)(F)[SiH](C)O[SiH3]. The second kappa shape index (κ2) is 7.91. The topological polar surface area (TPSA) is 9.23 Å². The lowest BCUT2D eigenvalue weighted by Crippen LogP contribution is -2.76. The summed E-state index contributed by atoms with van der Waals surface area (Å²) in [6, 6.07) is 0. The fraction of sp³-hybridized carbons (Fsp3) is 1.00. The van der Waals surface area contributed by atoms with Crippen molar-refractivity contribution in [3.63, 3.8) is 0 Å². The lowest BCUT2D eigenvalue weighted by molar-refractivity contribution is -0.451. The average molecular weight is 538 g/mol. The van der Waals surface area contributed by atoms with Gasteiger partial charge in [0, 0.05) is 0 Å². The molecular weight excluding hydrogens is 527 g/mol. The van der Waals surface area contributed by atoms with Gasteiger partial charge in [0.05, 0.1) is 0 Å². The second-order valence-corrected chi connectivity index (χ2v) is 10.1. The van der Waals surface area contributed by atoms with E-state index in [0.29, 0.717) is 0 Å². The Kier molecular flexibility index (Phi) is 7.70. The Morgan fingerprint density at radius 1 is 0.581 bits per heavy atom. The summed E-state index contributed by atoms with van der Waals surface area (Å²) >= 11 is 0. The Hall–Kier alpha value is -0.796. The molecule has 0 heterocycles. The summed E-state index contributed by atoms with van der Waals surface area (Å²) in [4.78, 5) is 0. The van der Waals surface area contributed by atoms with E-state index < -0.39 is 79.6 Å². The zero-order valence-corrected chi connectivity index (χ0v) is 18.1. The molecule has 0 saturated heterocycles. The summed E-state index contributed by atoms with van der Waals surface area (Å²) in [6.07, 6.45) is -4.47. The molecule has 1 nitrogen and oxygen atoms in total. The van der Waals surface area contributed by atoms with Crippen LogP contribution in [0.5, 0.6) is 0 Å². The van der Waals surface area contributed by atoms with E-state index >= 15 is 0 Å².